The Morgan fingerprint density at radius 1 is 0.957 bits per heavy atom. The molecular formula is C19H20N4. The molecule has 0 saturated carbocycles. The lowest BCUT2D eigenvalue weighted by molar-refractivity contribution is 0.976. The van der Waals surface area contributed by atoms with Gasteiger partial charge in [-0.1, -0.05) is 30.3 Å². The van der Waals surface area contributed by atoms with Crippen LogP contribution in [-0.4, -0.2) is 16.5 Å². The Kier molecular flexibility index (Phi) is 4.52. The number of aromatic nitrogens is 2. The molecule has 0 spiro atoms. The van der Waals surface area contributed by atoms with Gasteiger partial charge in [0, 0.05) is 24.0 Å². The summed E-state index contributed by atoms with van der Waals surface area (Å²) in [5.41, 5.74) is 3.38. The van der Waals surface area contributed by atoms with Crippen LogP contribution < -0.4 is 10.2 Å². The summed E-state index contributed by atoms with van der Waals surface area (Å²) in [6.07, 6.45) is 1.60. The van der Waals surface area contributed by atoms with E-state index in [1.165, 1.54) is 5.56 Å². The minimum Gasteiger partial charge on any atom is -0.340 e. The van der Waals surface area contributed by atoms with Gasteiger partial charge in [0.25, 0.3) is 0 Å². The van der Waals surface area contributed by atoms with Gasteiger partial charge < -0.3 is 10.2 Å². The molecule has 0 aliphatic rings. The molecule has 4 nitrogen and oxygen atoms in total. The smallest absolute Gasteiger partial charge is 0.138 e. The standard InChI is InChI=1S/C19H20N4/c1-3-23(17-11-7-8-15(2)12-17)19-13-18(20-14-21-19)22-16-9-5-4-6-10-16/h4-14H,3H2,1-2H3,(H,20,21,22). The molecule has 0 aliphatic carbocycles. The van der Waals surface area contributed by atoms with Crippen LogP contribution in [0.4, 0.5) is 23.0 Å². The third-order valence-electron chi connectivity index (χ3n) is 3.60. The first kappa shape index (κ1) is 15.0. The summed E-state index contributed by atoms with van der Waals surface area (Å²) in [4.78, 5) is 10.9. The Labute approximate surface area is 136 Å². The van der Waals surface area contributed by atoms with E-state index in [2.05, 4.69) is 58.3 Å². The van der Waals surface area contributed by atoms with Gasteiger partial charge in [-0.2, -0.15) is 0 Å². The Bertz CT molecular complexity index is 771. The highest BCUT2D eigenvalue weighted by Gasteiger charge is 2.10. The molecule has 23 heavy (non-hydrogen) atoms. The van der Waals surface area contributed by atoms with E-state index < -0.39 is 0 Å². The van der Waals surface area contributed by atoms with Crippen LogP contribution in [0, 0.1) is 6.92 Å². The van der Waals surface area contributed by atoms with Crippen molar-refractivity contribution in [3.63, 3.8) is 0 Å². The molecule has 0 fully saturated rings. The van der Waals surface area contributed by atoms with Crippen molar-refractivity contribution in [2.24, 2.45) is 0 Å². The second-order valence-electron chi connectivity index (χ2n) is 5.34. The largest absolute Gasteiger partial charge is 0.340 e. The van der Waals surface area contributed by atoms with E-state index >= 15 is 0 Å². The van der Waals surface area contributed by atoms with Crippen LogP contribution in [0.15, 0.2) is 67.0 Å². The van der Waals surface area contributed by atoms with Crippen molar-refractivity contribution in [2.75, 3.05) is 16.8 Å². The monoisotopic (exact) mass is 304 g/mol. The normalized spacial score (nSPS) is 10.3. The molecule has 0 amide bonds. The average molecular weight is 304 g/mol. The van der Waals surface area contributed by atoms with Crippen molar-refractivity contribution in [1.29, 1.82) is 0 Å². The zero-order valence-electron chi connectivity index (χ0n) is 13.4. The molecule has 116 valence electrons. The van der Waals surface area contributed by atoms with Gasteiger partial charge in [-0.25, -0.2) is 9.97 Å². The van der Waals surface area contributed by atoms with Gasteiger partial charge >= 0.3 is 0 Å². The molecule has 3 rings (SSSR count). The van der Waals surface area contributed by atoms with Crippen molar-refractivity contribution in [1.82, 2.24) is 9.97 Å². The van der Waals surface area contributed by atoms with E-state index in [0.29, 0.717) is 0 Å². The molecule has 0 atom stereocenters. The summed E-state index contributed by atoms with van der Waals surface area (Å²) in [7, 11) is 0. The van der Waals surface area contributed by atoms with Gasteiger partial charge in [-0.3, -0.25) is 0 Å². The number of benzene rings is 2. The topological polar surface area (TPSA) is 41.0 Å². The molecule has 1 aromatic heterocycles. The van der Waals surface area contributed by atoms with E-state index in [1.807, 2.05) is 36.4 Å². The quantitative estimate of drug-likeness (QED) is 0.742. The van der Waals surface area contributed by atoms with Crippen LogP contribution in [-0.2, 0) is 0 Å². The van der Waals surface area contributed by atoms with Crippen molar-refractivity contribution in [3.05, 3.63) is 72.6 Å². The lowest BCUT2D eigenvalue weighted by Crippen LogP contribution is -2.17. The third-order valence-corrected chi connectivity index (χ3v) is 3.60. The van der Waals surface area contributed by atoms with Crippen molar-refractivity contribution >= 4 is 23.0 Å². The maximum absolute atomic E-state index is 4.43. The van der Waals surface area contributed by atoms with E-state index in [9.17, 15) is 0 Å². The van der Waals surface area contributed by atoms with Crippen LogP contribution in [0.2, 0.25) is 0 Å². The molecule has 2 aromatic carbocycles. The number of nitrogens with one attached hydrogen (secondary N) is 1. The number of hydrogen-bond acceptors (Lipinski definition) is 4. The predicted octanol–water partition coefficient (Wildman–Crippen LogP) is 4.69. The van der Waals surface area contributed by atoms with Gasteiger partial charge in [0.1, 0.15) is 18.0 Å². The highest BCUT2D eigenvalue weighted by atomic mass is 15.2. The lowest BCUT2D eigenvalue weighted by Gasteiger charge is -2.22. The minimum atomic E-state index is 0.785. The first-order valence-corrected chi connectivity index (χ1v) is 7.74. The van der Waals surface area contributed by atoms with Crippen LogP contribution in [0.3, 0.4) is 0 Å². The molecule has 0 aliphatic heterocycles. The number of hydrogen-bond donors (Lipinski definition) is 1. The van der Waals surface area contributed by atoms with Crippen molar-refractivity contribution in [2.45, 2.75) is 13.8 Å². The average Bonchev–Trinajstić information content (AvgIpc) is 2.57. The fraction of sp³-hybridized carbons (Fsp3) is 0.158. The Hall–Kier alpha value is -2.88. The van der Waals surface area contributed by atoms with Gasteiger partial charge in [0.05, 0.1) is 0 Å². The van der Waals surface area contributed by atoms with Crippen molar-refractivity contribution < 1.29 is 0 Å². The summed E-state index contributed by atoms with van der Waals surface area (Å²) >= 11 is 0. The first-order valence-electron chi connectivity index (χ1n) is 7.74. The van der Waals surface area contributed by atoms with Crippen LogP contribution in [0.1, 0.15) is 12.5 Å². The van der Waals surface area contributed by atoms with E-state index in [1.54, 1.807) is 6.33 Å². The summed E-state index contributed by atoms with van der Waals surface area (Å²) in [5, 5.41) is 3.31. The fourth-order valence-corrected chi connectivity index (χ4v) is 2.51. The second kappa shape index (κ2) is 6.92. The first-order chi connectivity index (χ1) is 11.3. The Morgan fingerprint density at radius 3 is 2.52 bits per heavy atom. The fourth-order valence-electron chi connectivity index (χ4n) is 2.51. The molecule has 1 heterocycles. The Morgan fingerprint density at radius 2 is 1.78 bits per heavy atom. The maximum atomic E-state index is 4.43. The van der Waals surface area contributed by atoms with Gasteiger partial charge in [-0.05, 0) is 43.7 Å². The van der Waals surface area contributed by atoms with E-state index in [4.69, 9.17) is 0 Å². The van der Waals surface area contributed by atoms with Crippen molar-refractivity contribution in [3.8, 4) is 0 Å². The molecule has 0 bridgehead atoms. The number of nitrogens with zero attached hydrogens (tertiary/aromatic N) is 3. The number of para-hydroxylation sites is 1. The summed E-state index contributed by atoms with van der Waals surface area (Å²) < 4.78 is 0. The predicted molar refractivity (Wildman–Crippen MR) is 95.6 cm³/mol. The number of anilines is 4. The molecule has 3 aromatic rings. The van der Waals surface area contributed by atoms with Crippen LogP contribution in [0.25, 0.3) is 0 Å². The Balaban J connectivity index is 1.88. The summed E-state index contributed by atoms with van der Waals surface area (Å²) in [6, 6.07) is 20.4. The van der Waals surface area contributed by atoms with E-state index in [0.717, 1.165) is 29.6 Å². The molecular weight excluding hydrogens is 284 g/mol. The molecule has 0 unspecified atom stereocenters. The molecule has 1 N–H and O–H groups in total. The number of aryl methyl sites for hydroxylation is 1. The van der Waals surface area contributed by atoms with Crippen LogP contribution >= 0.6 is 0 Å². The highest BCUT2D eigenvalue weighted by molar-refractivity contribution is 5.65. The molecule has 4 heteroatoms. The third kappa shape index (κ3) is 3.66. The SMILES string of the molecule is CCN(c1cccc(C)c1)c1cc(Nc2ccccc2)ncn1. The highest BCUT2D eigenvalue weighted by Crippen LogP contribution is 2.26. The maximum Gasteiger partial charge on any atom is 0.138 e. The molecule has 0 saturated heterocycles. The lowest BCUT2D eigenvalue weighted by atomic mass is 10.2. The second-order valence-corrected chi connectivity index (χ2v) is 5.34. The number of rotatable bonds is 5. The van der Waals surface area contributed by atoms with Gasteiger partial charge in [0.15, 0.2) is 0 Å². The van der Waals surface area contributed by atoms with Gasteiger partial charge in [-0.15, -0.1) is 0 Å². The molecule has 0 radical (unpaired) electrons. The zero-order chi connectivity index (χ0) is 16.1. The summed E-state index contributed by atoms with van der Waals surface area (Å²) in [5.74, 6) is 1.67. The zero-order valence-corrected chi connectivity index (χ0v) is 13.4. The summed E-state index contributed by atoms with van der Waals surface area (Å²) in [6.45, 7) is 5.06. The van der Waals surface area contributed by atoms with E-state index in [-0.39, 0.29) is 0 Å². The van der Waals surface area contributed by atoms with Crippen LogP contribution in [0.5, 0.6) is 0 Å². The van der Waals surface area contributed by atoms with Gasteiger partial charge in [0.2, 0.25) is 0 Å². The minimum absolute atomic E-state index is 0.785.